The van der Waals surface area contributed by atoms with Gasteiger partial charge in [-0.2, -0.15) is 0 Å². The molecule has 31 heavy (non-hydrogen) atoms. The lowest BCUT2D eigenvalue weighted by molar-refractivity contribution is -0.125. The molecule has 6 nitrogen and oxygen atoms in total. The van der Waals surface area contributed by atoms with Gasteiger partial charge in [-0.1, -0.05) is 13.3 Å². The fraction of sp³-hybridized carbons (Fsp3) is 0.600. The molecule has 2 aliphatic heterocycles. The molecule has 0 aliphatic carbocycles. The largest absolute Gasteiger partial charge is 0.357 e. The van der Waals surface area contributed by atoms with Crippen molar-refractivity contribution < 1.29 is 4.79 Å². The molecule has 1 N–H and O–H groups in total. The summed E-state index contributed by atoms with van der Waals surface area (Å²) in [7, 11) is 0. The Bertz CT molecular complexity index is 796. The maximum absolute atomic E-state index is 12.6. The Morgan fingerprint density at radius 3 is 2.61 bits per heavy atom. The molecule has 2 aromatic rings. The van der Waals surface area contributed by atoms with E-state index < -0.39 is 0 Å². The lowest BCUT2D eigenvalue weighted by Gasteiger charge is -2.35. The minimum Gasteiger partial charge on any atom is -0.357 e. The number of pyridine rings is 1. The van der Waals surface area contributed by atoms with Crippen LogP contribution in [0.3, 0.4) is 0 Å². The van der Waals surface area contributed by atoms with Crippen LogP contribution in [0.4, 0.5) is 5.82 Å². The standard InChI is InChI=1S/C25H37N5O/c1-2-22-8-3-4-14-28(22)17-7-13-26-25(31)21-11-18-30(19-12-21)24-10-9-23(20-27-24)29-15-5-6-16-29/h5-6,9-10,15-16,20-22H,2-4,7-8,11-14,17-19H2,1H3,(H,26,31)/t22-/m1/s1. The number of anilines is 1. The molecule has 2 aliphatic rings. The molecule has 0 aromatic carbocycles. The van der Waals surface area contributed by atoms with Gasteiger partial charge >= 0.3 is 0 Å². The van der Waals surface area contributed by atoms with Crippen molar-refractivity contribution in [3.05, 3.63) is 42.9 Å². The van der Waals surface area contributed by atoms with Crippen molar-refractivity contribution in [1.82, 2.24) is 19.8 Å². The first-order chi connectivity index (χ1) is 15.2. The zero-order chi connectivity index (χ0) is 21.5. The van der Waals surface area contributed by atoms with Gasteiger partial charge in [0.1, 0.15) is 5.82 Å². The predicted octanol–water partition coefficient (Wildman–Crippen LogP) is 3.86. The number of nitrogens with one attached hydrogen (secondary N) is 1. The number of piperidine rings is 2. The van der Waals surface area contributed by atoms with E-state index in [1.54, 1.807) is 0 Å². The summed E-state index contributed by atoms with van der Waals surface area (Å²) in [5, 5.41) is 3.20. The van der Waals surface area contributed by atoms with Crippen molar-refractivity contribution in [3.63, 3.8) is 0 Å². The highest BCUT2D eigenvalue weighted by molar-refractivity contribution is 5.78. The van der Waals surface area contributed by atoms with Gasteiger partial charge < -0.3 is 19.7 Å². The van der Waals surface area contributed by atoms with Crippen molar-refractivity contribution in [2.45, 2.75) is 57.9 Å². The summed E-state index contributed by atoms with van der Waals surface area (Å²) in [6.45, 7) is 7.21. The molecule has 0 saturated carbocycles. The Balaban J connectivity index is 1.17. The third-order valence-electron chi connectivity index (χ3n) is 6.97. The van der Waals surface area contributed by atoms with Crippen LogP contribution in [0.5, 0.6) is 0 Å². The van der Waals surface area contributed by atoms with Gasteiger partial charge in [0, 0.05) is 50.5 Å². The molecule has 1 amide bonds. The van der Waals surface area contributed by atoms with E-state index >= 15 is 0 Å². The normalized spacial score (nSPS) is 20.7. The molecule has 0 bridgehead atoms. The zero-order valence-electron chi connectivity index (χ0n) is 18.9. The van der Waals surface area contributed by atoms with Crippen LogP contribution in [0.15, 0.2) is 42.9 Å². The SMILES string of the molecule is CC[C@@H]1CCCCN1CCCNC(=O)C1CCN(c2ccc(-n3cccc3)cn2)CC1. The van der Waals surface area contributed by atoms with Gasteiger partial charge in [-0.15, -0.1) is 0 Å². The Labute approximate surface area is 186 Å². The maximum atomic E-state index is 12.6. The molecule has 0 unspecified atom stereocenters. The number of likely N-dealkylation sites (tertiary alicyclic amines) is 1. The second kappa shape index (κ2) is 10.8. The fourth-order valence-electron chi connectivity index (χ4n) is 5.05. The van der Waals surface area contributed by atoms with Crippen LogP contribution in [0.1, 0.15) is 51.9 Å². The molecule has 2 fully saturated rings. The van der Waals surface area contributed by atoms with Crippen LogP contribution >= 0.6 is 0 Å². The number of hydrogen-bond donors (Lipinski definition) is 1. The molecule has 4 rings (SSSR count). The summed E-state index contributed by atoms with van der Waals surface area (Å²) in [6.07, 6.45) is 14.1. The van der Waals surface area contributed by atoms with Gasteiger partial charge in [-0.3, -0.25) is 4.79 Å². The van der Waals surface area contributed by atoms with Gasteiger partial charge in [0.25, 0.3) is 0 Å². The van der Waals surface area contributed by atoms with Gasteiger partial charge in [0.05, 0.1) is 11.9 Å². The van der Waals surface area contributed by atoms with E-state index in [4.69, 9.17) is 0 Å². The van der Waals surface area contributed by atoms with Gasteiger partial charge in [0.15, 0.2) is 0 Å². The monoisotopic (exact) mass is 423 g/mol. The Kier molecular flexibility index (Phi) is 7.62. The van der Waals surface area contributed by atoms with E-state index in [1.165, 1.54) is 32.2 Å². The number of hydrogen-bond acceptors (Lipinski definition) is 4. The quantitative estimate of drug-likeness (QED) is 0.655. The first kappa shape index (κ1) is 21.9. The Morgan fingerprint density at radius 2 is 1.90 bits per heavy atom. The van der Waals surface area contributed by atoms with Gasteiger partial charge in [0.2, 0.25) is 5.91 Å². The highest BCUT2D eigenvalue weighted by Crippen LogP contribution is 2.23. The number of rotatable bonds is 8. The highest BCUT2D eigenvalue weighted by atomic mass is 16.1. The smallest absolute Gasteiger partial charge is 0.223 e. The molecule has 1 atom stereocenters. The fourth-order valence-corrected chi connectivity index (χ4v) is 5.05. The van der Waals surface area contributed by atoms with Crippen LogP contribution < -0.4 is 10.2 Å². The van der Waals surface area contributed by atoms with Crippen LogP contribution in [0, 0.1) is 5.92 Å². The topological polar surface area (TPSA) is 53.4 Å². The lowest BCUT2D eigenvalue weighted by Crippen LogP contribution is -2.42. The van der Waals surface area contributed by atoms with Crippen molar-refractivity contribution in [2.24, 2.45) is 5.92 Å². The average molecular weight is 424 g/mol. The summed E-state index contributed by atoms with van der Waals surface area (Å²) in [4.78, 5) is 22.2. The molecular weight excluding hydrogens is 386 g/mol. The molecule has 168 valence electrons. The zero-order valence-corrected chi connectivity index (χ0v) is 18.9. The third kappa shape index (κ3) is 5.67. The van der Waals surface area contributed by atoms with Crippen molar-refractivity contribution in [1.29, 1.82) is 0 Å². The van der Waals surface area contributed by atoms with Gasteiger partial charge in [-0.25, -0.2) is 4.98 Å². The van der Waals surface area contributed by atoms with E-state index in [-0.39, 0.29) is 11.8 Å². The first-order valence-electron chi connectivity index (χ1n) is 12.1. The average Bonchev–Trinajstić information content (AvgIpc) is 3.37. The molecule has 2 aromatic heterocycles. The number of nitrogens with zero attached hydrogens (tertiary/aromatic N) is 4. The molecule has 4 heterocycles. The van der Waals surface area contributed by atoms with Crippen LogP contribution in [-0.4, -0.2) is 59.1 Å². The minimum absolute atomic E-state index is 0.133. The lowest BCUT2D eigenvalue weighted by atomic mass is 9.96. The molecule has 2 saturated heterocycles. The van der Waals surface area contributed by atoms with Crippen LogP contribution in [0.2, 0.25) is 0 Å². The summed E-state index contributed by atoms with van der Waals surface area (Å²) in [5.41, 5.74) is 1.07. The summed E-state index contributed by atoms with van der Waals surface area (Å²) in [6, 6.07) is 8.96. The van der Waals surface area contributed by atoms with E-state index in [0.29, 0.717) is 0 Å². The van der Waals surface area contributed by atoms with E-state index in [9.17, 15) is 4.79 Å². The van der Waals surface area contributed by atoms with Crippen molar-refractivity contribution in [2.75, 3.05) is 37.6 Å². The number of carbonyl (C=O) groups excluding carboxylic acids is 1. The van der Waals surface area contributed by atoms with E-state index in [1.807, 2.05) is 30.7 Å². The van der Waals surface area contributed by atoms with Crippen molar-refractivity contribution in [3.8, 4) is 5.69 Å². The molecule has 0 spiro atoms. The number of carbonyl (C=O) groups is 1. The predicted molar refractivity (Wildman–Crippen MR) is 126 cm³/mol. The molecule has 6 heteroatoms. The van der Waals surface area contributed by atoms with Gasteiger partial charge in [-0.05, 0) is 69.3 Å². The Morgan fingerprint density at radius 1 is 1.10 bits per heavy atom. The first-order valence-corrected chi connectivity index (χ1v) is 12.1. The number of aromatic nitrogens is 2. The molecule has 0 radical (unpaired) electrons. The summed E-state index contributed by atoms with van der Waals surface area (Å²) < 4.78 is 2.06. The second-order valence-electron chi connectivity index (χ2n) is 8.96. The van der Waals surface area contributed by atoms with Crippen molar-refractivity contribution >= 4 is 11.7 Å². The summed E-state index contributed by atoms with van der Waals surface area (Å²) >= 11 is 0. The van der Waals surface area contributed by atoms with E-state index in [0.717, 1.165) is 63.0 Å². The minimum atomic E-state index is 0.133. The Hall–Kier alpha value is -2.34. The maximum Gasteiger partial charge on any atom is 0.223 e. The second-order valence-corrected chi connectivity index (χ2v) is 8.96. The van der Waals surface area contributed by atoms with Crippen LogP contribution in [0.25, 0.3) is 5.69 Å². The number of amides is 1. The molecular formula is C25H37N5O. The third-order valence-corrected chi connectivity index (χ3v) is 6.97. The van der Waals surface area contributed by atoms with Crippen LogP contribution in [-0.2, 0) is 4.79 Å². The summed E-state index contributed by atoms with van der Waals surface area (Å²) in [5.74, 6) is 1.37. The highest BCUT2D eigenvalue weighted by Gasteiger charge is 2.25. The van der Waals surface area contributed by atoms with E-state index in [2.05, 4.69) is 43.7 Å².